The Labute approximate surface area is 236 Å². The van der Waals surface area contributed by atoms with Crippen molar-refractivity contribution in [3.8, 4) is 17.2 Å². The monoisotopic (exact) mass is 554 g/mol. The van der Waals surface area contributed by atoms with Crippen LogP contribution in [0.1, 0.15) is 64.7 Å². The molecule has 0 radical (unpaired) electrons. The van der Waals surface area contributed by atoms with Crippen molar-refractivity contribution in [3.63, 3.8) is 0 Å². The molecule has 40 heavy (non-hydrogen) atoms. The summed E-state index contributed by atoms with van der Waals surface area (Å²) in [5.74, 6) is 1.76. The molecule has 2 aromatic carbocycles. The van der Waals surface area contributed by atoms with Crippen molar-refractivity contribution < 1.29 is 28.3 Å². The molecule has 0 aliphatic carbocycles. The second kappa shape index (κ2) is 14.0. The molecule has 218 valence electrons. The number of nitrogens with zero attached hydrogens (tertiary/aromatic N) is 2. The molecule has 1 atom stereocenters. The van der Waals surface area contributed by atoms with Crippen LogP contribution in [0.5, 0.6) is 17.2 Å². The Morgan fingerprint density at radius 2 is 1.62 bits per heavy atom. The Bertz CT molecular complexity index is 1280. The number of amides is 2. The molecule has 0 spiro atoms. The lowest BCUT2D eigenvalue weighted by atomic mass is 10.1. The number of methoxy groups -OCH3 is 1. The van der Waals surface area contributed by atoms with Crippen LogP contribution in [0.15, 0.2) is 40.9 Å². The van der Waals surface area contributed by atoms with E-state index < -0.39 is 6.04 Å². The standard InChI is InChI=1S/C30H42N4O6/c1-18(2)27(31)29(35)32-28-23-12-11-22(17-25(23)40-33-28)38-14-8-9-15-39-24-13-10-21(16-26(24)37-7)30(36)34(19(3)4)20(5)6/h10-13,16-20,27H,8-9,14-15,31H2,1-7H3,(H,32,33,35)/t27-/m0/s1. The van der Waals surface area contributed by atoms with Crippen molar-refractivity contribution >= 4 is 28.6 Å². The lowest BCUT2D eigenvalue weighted by Gasteiger charge is -2.31. The molecule has 0 aliphatic heterocycles. The van der Waals surface area contributed by atoms with Gasteiger partial charge in [0.15, 0.2) is 22.9 Å². The molecule has 2 amide bonds. The fraction of sp³-hybridized carbons (Fsp3) is 0.500. The highest BCUT2D eigenvalue weighted by Crippen LogP contribution is 2.30. The first-order valence-electron chi connectivity index (χ1n) is 13.8. The number of anilines is 1. The zero-order chi connectivity index (χ0) is 29.4. The van der Waals surface area contributed by atoms with Gasteiger partial charge in [-0.3, -0.25) is 9.59 Å². The van der Waals surface area contributed by atoms with Crippen molar-refractivity contribution in [2.75, 3.05) is 25.6 Å². The topological polar surface area (TPSA) is 129 Å². The first-order chi connectivity index (χ1) is 19.0. The number of hydrogen-bond donors (Lipinski definition) is 2. The highest BCUT2D eigenvalue weighted by molar-refractivity contribution is 6.01. The lowest BCUT2D eigenvalue weighted by Crippen LogP contribution is -2.42. The summed E-state index contributed by atoms with van der Waals surface area (Å²) < 4.78 is 22.6. The van der Waals surface area contributed by atoms with Gasteiger partial charge in [-0.2, -0.15) is 0 Å². The maximum absolute atomic E-state index is 13.0. The minimum Gasteiger partial charge on any atom is -0.493 e. The third kappa shape index (κ3) is 7.65. The average Bonchev–Trinajstić information content (AvgIpc) is 3.31. The molecular formula is C30H42N4O6. The molecule has 1 aromatic heterocycles. The van der Waals surface area contributed by atoms with Gasteiger partial charge in [0, 0.05) is 23.7 Å². The number of nitrogens with two attached hydrogens (primary N) is 1. The molecule has 10 nitrogen and oxygen atoms in total. The summed E-state index contributed by atoms with van der Waals surface area (Å²) in [6.07, 6.45) is 1.52. The molecule has 0 fully saturated rings. The fourth-order valence-corrected chi connectivity index (χ4v) is 4.31. The molecule has 3 rings (SSSR count). The number of aromatic nitrogens is 1. The van der Waals surface area contributed by atoms with Crippen molar-refractivity contribution in [1.29, 1.82) is 0 Å². The maximum atomic E-state index is 13.0. The second-order valence-corrected chi connectivity index (χ2v) is 10.6. The van der Waals surface area contributed by atoms with E-state index in [0.29, 0.717) is 52.8 Å². The van der Waals surface area contributed by atoms with Crippen molar-refractivity contribution in [2.45, 2.75) is 72.5 Å². The number of carbonyl (C=O) groups excluding carboxylic acids is 2. The van der Waals surface area contributed by atoms with Crippen LogP contribution >= 0.6 is 0 Å². The SMILES string of the molecule is COc1cc(C(=O)N(C(C)C)C(C)C)ccc1OCCCCOc1ccc2c(NC(=O)[C@@H](N)C(C)C)noc2c1. The summed E-state index contributed by atoms with van der Waals surface area (Å²) in [5, 5.41) is 7.35. The number of carbonyl (C=O) groups is 2. The quantitative estimate of drug-likeness (QED) is 0.258. The zero-order valence-electron chi connectivity index (χ0n) is 24.5. The van der Waals surface area contributed by atoms with Gasteiger partial charge in [0.2, 0.25) is 5.91 Å². The van der Waals surface area contributed by atoms with E-state index in [2.05, 4.69) is 10.5 Å². The van der Waals surface area contributed by atoms with E-state index in [0.717, 1.165) is 12.8 Å². The van der Waals surface area contributed by atoms with Gasteiger partial charge in [-0.25, -0.2) is 0 Å². The van der Waals surface area contributed by atoms with E-state index >= 15 is 0 Å². The van der Waals surface area contributed by atoms with E-state index in [-0.39, 0.29) is 29.8 Å². The summed E-state index contributed by atoms with van der Waals surface area (Å²) in [6.45, 7) is 12.7. The normalized spacial score (nSPS) is 12.2. The predicted molar refractivity (Wildman–Crippen MR) is 155 cm³/mol. The van der Waals surface area contributed by atoms with Crippen LogP contribution in [-0.2, 0) is 4.79 Å². The lowest BCUT2D eigenvalue weighted by molar-refractivity contribution is -0.118. The van der Waals surface area contributed by atoms with E-state index in [1.165, 1.54) is 0 Å². The molecule has 10 heteroatoms. The van der Waals surface area contributed by atoms with Gasteiger partial charge in [0.25, 0.3) is 5.91 Å². The fourth-order valence-electron chi connectivity index (χ4n) is 4.31. The number of benzene rings is 2. The summed E-state index contributed by atoms with van der Waals surface area (Å²) in [6, 6.07) is 10.2. The Morgan fingerprint density at radius 3 is 2.25 bits per heavy atom. The molecule has 0 aliphatic rings. The number of rotatable bonds is 14. The molecule has 0 unspecified atom stereocenters. The number of hydrogen-bond acceptors (Lipinski definition) is 8. The predicted octanol–water partition coefficient (Wildman–Crippen LogP) is 5.26. The van der Waals surface area contributed by atoms with E-state index in [1.54, 1.807) is 37.4 Å². The largest absolute Gasteiger partial charge is 0.493 e. The maximum Gasteiger partial charge on any atom is 0.254 e. The van der Waals surface area contributed by atoms with Crippen LogP contribution in [0.3, 0.4) is 0 Å². The molecule has 0 bridgehead atoms. The van der Waals surface area contributed by atoms with Gasteiger partial charge in [-0.1, -0.05) is 19.0 Å². The Balaban J connectivity index is 1.48. The molecular weight excluding hydrogens is 512 g/mol. The summed E-state index contributed by atoms with van der Waals surface area (Å²) in [7, 11) is 1.57. The summed E-state index contributed by atoms with van der Waals surface area (Å²) >= 11 is 0. The molecule has 1 heterocycles. The van der Waals surface area contributed by atoms with Gasteiger partial charge < -0.3 is 34.7 Å². The molecule has 0 saturated heterocycles. The first kappa shape index (κ1) is 30.7. The molecule has 3 N–H and O–H groups in total. The van der Waals surface area contributed by atoms with Crippen LogP contribution in [0.4, 0.5) is 5.82 Å². The van der Waals surface area contributed by atoms with Gasteiger partial charge >= 0.3 is 0 Å². The summed E-state index contributed by atoms with van der Waals surface area (Å²) in [5.41, 5.74) is 6.98. The molecule has 3 aromatic rings. The van der Waals surface area contributed by atoms with Crippen LogP contribution in [-0.4, -0.2) is 60.3 Å². The first-order valence-corrected chi connectivity index (χ1v) is 13.8. The molecule has 0 saturated carbocycles. The van der Waals surface area contributed by atoms with Crippen molar-refractivity contribution in [3.05, 3.63) is 42.0 Å². The van der Waals surface area contributed by atoms with Crippen LogP contribution < -0.4 is 25.3 Å². The summed E-state index contributed by atoms with van der Waals surface area (Å²) in [4.78, 5) is 27.1. The Morgan fingerprint density at radius 1 is 0.950 bits per heavy atom. The number of unbranched alkanes of at least 4 members (excludes halogenated alkanes) is 1. The number of nitrogens with one attached hydrogen (secondary N) is 1. The third-order valence-electron chi connectivity index (χ3n) is 6.53. The van der Waals surface area contributed by atoms with Gasteiger partial charge in [-0.05, 0) is 76.8 Å². The number of fused-ring (bicyclic) bond motifs is 1. The van der Waals surface area contributed by atoms with E-state index in [1.807, 2.05) is 52.5 Å². The minimum absolute atomic E-state index is 0.00688. The van der Waals surface area contributed by atoms with Gasteiger partial charge in [0.05, 0.1) is 31.8 Å². The minimum atomic E-state index is -0.631. The van der Waals surface area contributed by atoms with E-state index in [9.17, 15) is 9.59 Å². The zero-order valence-corrected chi connectivity index (χ0v) is 24.5. The second-order valence-electron chi connectivity index (χ2n) is 10.6. The van der Waals surface area contributed by atoms with Crippen LogP contribution in [0.2, 0.25) is 0 Å². The Hall–Kier alpha value is -3.79. The van der Waals surface area contributed by atoms with Crippen molar-refractivity contribution in [1.82, 2.24) is 10.1 Å². The third-order valence-corrected chi connectivity index (χ3v) is 6.53. The van der Waals surface area contributed by atoms with Crippen LogP contribution in [0.25, 0.3) is 11.0 Å². The Kier molecular flexibility index (Phi) is 10.8. The van der Waals surface area contributed by atoms with Gasteiger partial charge in [-0.15, -0.1) is 0 Å². The van der Waals surface area contributed by atoms with Crippen molar-refractivity contribution in [2.24, 2.45) is 11.7 Å². The average molecular weight is 555 g/mol. The van der Waals surface area contributed by atoms with Crippen LogP contribution in [0, 0.1) is 5.92 Å². The van der Waals surface area contributed by atoms with E-state index in [4.69, 9.17) is 24.5 Å². The highest BCUT2D eigenvalue weighted by atomic mass is 16.5. The number of ether oxygens (including phenoxy) is 3. The highest BCUT2D eigenvalue weighted by Gasteiger charge is 2.23. The van der Waals surface area contributed by atoms with Gasteiger partial charge in [0.1, 0.15) is 5.75 Å². The smallest absolute Gasteiger partial charge is 0.254 e.